The van der Waals surface area contributed by atoms with E-state index in [9.17, 15) is 8.42 Å². The lowest BCUT2D eigenvalue weighted by molar-refractivity contribution is 0.198. The second-order valence-corrected chi connectivity index (χ2v) is 7.80. The third-order valence-corrected chi connectivity index (χ3v) is 5.23. The molecule has 0 unspecified atom stereocenters. The lowest BCUT2D eigenvalue weighted by atomic mass is 9.85. The molecule has 1 atom stereocenters. The van der Waals surface area contributed by atoms with Crippen LogP contribution in [0.1, 0.15) is 33.6 Å². The van der Waals surface area contributed by atoms with Gasteiger partial charge in [0.2, 0.25) is 10.0 Å². The lowest BCUT2D eigenvalue weighted by Crippen LogP contribution is -2.48. The smallest absolute Gasteiger partial charge is 0.214 e. The van der Waals surface area contributed by atoms with Gasteiger partial charge in [0.1, 0.15) is 0 Å². The average molecular weight is 248 g/mol. The Hall–Kier alpha value is -0.130. The lowest BCUT2D eigenvalue weighted by Gasteiger charge is -2.34. The Morgan fingerprint density at radius 2 is 1.88 bits per heavy atom. The third kappa shape index (κ3) is 3.71. The second-order valence-electron chi connectivity index (χ2n) is 5.81. The summed E-state index contributed by atoms with van der Waals surface area (Å²) in [6, 6.07) is -0.0412. The van der Waals surface area contributed by atoms with E-state index in [1.54, 1.807) is 0 Å². The number of nitrogens with zero attached hydrogens (tertiary/aromatic N) is 1. The van der Waals surface area contributed by atoms with Crippen LogP contribution >= 0.6 is 0 Å². The molecule has 0 aromatic rings. The zero-order chi connectivity index (χ0) is 12.6. The molecular formula is C11H24N2O2S. The molecule has 0 saturated heterocycles. The molecule has 0 aromatic heterocycles. The minimum Gasteiger partial charge on any atom is -0.309 e. The first kappa shape index (κ1) is 13.9. The Labute approximate surface area is 99.5 Å². The van der Waals surface area contributed by atoms with Crippen LogP contribution in [0.15, 0.2) is 0 Å². The number of hydrogen-bond donors (Lipinski definition) is 1. The quantitative estimate of drug-likeness (QED) is 0.764. The van der Waals surface area contributed by atoms with Gasteiger partial charge in [0.15, 0.2) is 0 Å². The zero-order valence-electron chi connectivity index (χ0n) is 10.9. The highest BCUT2D eigenvalue weighted by atomic mass is 32.2. The van der Waals surface area contributed by atoms with Gasteiger partial charge in [-0.3, -0.25) is 0 Å². The highest BCUT2D eigenvalue weighted by Crippen LogP contribution is 2.29. The Kier molecular flexibility index (Phi) is 4.03. The van der Waals surface area contributed by atoms with Crippen LogP contribution in [0.5, 0.6) is 0 Å². The molecule has 1 aliphatic carbocycles. The monoisotopic (exact) mass is 248 g/mol. The molecule has 96 valence electrons. The van der Waals surface area contributed by atoms with E-state index in [0.717, 1.165) is 19.4 Å². The van der Waals surface area contributed by atoms with E-state index in [0.29, 0.717) is 0 Å². The fraction of sp³-hybridized carbons (Fsp3) is 1.00. The summed E-state index contributed by atoms with van der Waals surface area (Å²) in [6.45, 7) is 6.99. The van der Waals surface area contributed by atoms with Gasteiger partial charge in [0.25, 0.3) is 0 Å². The minimum atomic E-state index is -3.07. The predicted molar refractivity (Wildman–Crippen MR) is 66.9 cm³/mol. The van der Waals surface area contributed by atoms with Crippen molar-refractivity contribution in [2.75, 3.05) is 20.6 Å². The minimum absolute atomic E-state index is 0.0412. The Bertz CT molecular complexity index is 332. The fourth-order valence-electron chi connectivity index (χ4n) is 1.83. The van der Waals surface area contributed by atoms with Crippen molar-refractivity contribution in [1.29, 1.82) is 0 Å². The van der Waals surface area contributed by atoms with Gasteiger partial charge >= 0.3 is 0 Å². The Balaban J connectivity index is 2.59. The van der Waals surface area contributed by atoms with Gasteiger partial charge < -0.3 is 4.90 Å². The topological polar surface area (TPSA) is 49.4 Å². The first-order chi connectivity index (χ1) is 7.15. The summed E-state index contributed by atoms with van der Waals surface area (Å²) >= 11 is 0. The highest BCUT2D eigenvalue weighted by molar-refractivity contribution is 7.90. The van der Waals surface area contributed by atoms with E-state index in [1.165, 1.54) is 0 Å². The van der Waals surface area contributed by atoms with Crippen LogP contribution in [0.4, 0.5) is 0 Å². The molecule has 1 rings (SSSR count). The average Bonchev–Trinajstić information content (AvgIpc) is 2.81. The summed E-state index contributed by atoms with van der Waals surface area (Å²) in [5.74, 6) is 0. The fourth-order valence-corrected chi connectivity index (χ4v) is 3.59. The van der Waals surface area contributed by atoms with Crippen molar-refractivity contribution in [3.8, 4) is 0 Å². The molecule has 5 heteroatoms. The molecule has 0 aromatic carbocycles. The molecule has 0 heterocycles. The van der Waals surface area contributed by atoms with E-state index >= 15 is 0 Å². The van der Waals surface area contributed by atoms with Gasteiger partial charge in [-0.15, -0.1) is 0 Å². The van der Waals surface area contributed by atoms with Gasteiger partial charge in [-0.25, -0.2) is 13.1 Å². The van der Waals surface area contributed by atoms with Crippen LogP contribution in [0.25, 0.3) is 0 Å². The van der Waals surface area contributed by atoms with Crippen LogP contribution in [0.3, 0.4) is 0 Å². The Morgan fingerprint density at radius 1 is 1.38 bits per heavy atom. The maximum atomic E-state index is 11.8. The van der Waals surface area contributed by atoms with Gasteiger partial charge in [-0.05, 0) is 39.3 Å². The number of rotatable bonds is 6. The van der Waals surface area contributed by atoms with Crippen molar-refractivity contribution in [3.05, 3.63) is 0 Å². The molecule has 1 aliphatic rings. The number of hydrogen-bond acceptors (Lipinski definition) is 3. The maximum absolute atomic E-state index is 11.8. The van der Waals surface area contributed by atoms with Crippen LogP contribution in [-0.2, 0) is 10.0 Å². The van der Waals surface area contributed by atoms with Crippen molar-refractivity contribution >= 4 is 10.0 Å². The summed E-state index contributed by atoms with van der Waals surface area (Å²) in [7, 11) is 0.934. The first-order valence-electron chi connectivity index (χ1n) is 5.81. The molecule has 0 aliphatic heterocycles. The van der Waals surface area contributed by atoms with E-state index in [4.69, 9.17) is 0 Å². The van der Waals surface area contributed by atoms with Crippen LogP contribution < -0.4 is 4.72 Å². The molecule has 0 spiro atoms. The SMILES string of the molecule is C[C@@H](NS(=O)(=O)C1CC1)C(C)(C)CN(C)C. The van der Waals surface area contributed by atoms with Gasteiger partial charge in [-0.1, -0.05) is 13.8 Å². The summed E-state index contributed by atoms with van der Waals surface area (Å²) in [4.78, 5) is 2.09. The molecular weight excluding hydrogens is 224 g/mol. The van der Waals surface area contributed by atoms with Crippen molar-refractivity contribution in [2.24, 2.45) is 5.41 Å². The van der Waals surface area contributed by atoms with Crippen LogP contribution in [0, 0.1) is 5.41 Å². The van der Waals surface area contributed by atoms with Gasteiger partial charge in [0, 0.05) is 12.6 Å². The summed E-state index contributed by atoms with van der Waals surface area (Å²) < 4.78 is 26.4. The third-order valence-electron chi connectivity index (χ3n) is 3.20. The van der Waals surface area contributed by atoms with E-state index in [2.05, 4.69) is 23.5 Å². The van der Waals surface area contributed by atoms with E-state index < -0.39 is 10.0 Å². The molecule has 0 bridgehead atoms. The summed E-state index contributed by atoms with van der Waals surface area (Å²) in [5.41, 5.74) is -0.0640. The second kappa shape index (κ2) is 4.63. The largest absolute Gasteiger partial charge is 0.309 e. The molecule has 0 radical (unpaired) electrons. The predicted octanol–water partition coefficient (Wildman–Crippen LogP) is 1.04. The van der Waals surface area contributed by atoms with Crippen LogP contribution in [0.2, 0.25) is 0 Å². The molecule has 4 nitrogen and oxygen atoms in total. The standard InChI is InChI=1S/C11H24N2O2S/c1-9(11(2,3)8-13(4)5)12-16(14,15)10-6-7-10/h9-10,12H,6-8H2,1-5H3/t9-/m1/s1. The summed E-state index contributed by atoms with van der Waals surface area (Å²) in [5, 5.41) is -0.134. The first-order valence-corrected chi connectivity index (χ1v) is 7.35. The number of sulfonamides is 1. The number of nitrogens with one attached hydrogen (secondary N) is 1. The molecule has 1 fully saturated rings. The van der Waals surface area contributed by atoms with Crippen molar-refractivity contribution < 1.29 is 8.42 Å². The van der Waals surface area contributed by atoms with Crippen molar-refractivity contribution in [2.45, 2.75) is 44.9 Å². The van der Waals surface area contributed by atoms with Gasteiger partial charge in [0.05, 0.1) is 5.25 Å². The maximum Gasteiger partial charge on any atom is 0.214 e. The summed E-state index contributed by atoms with van der Waals surface area (Å²) in [6.07, 6.45) is 1.63. The normalized spacial score (nSPS) is 20.1. The molecule has 16 heavy (non-hydrogen) atoms. The highest BCUT2D eigenvalue weighted by Gasteiger charge is 2.39. The van der Waals surface area contributed by atoms with Gasteiger partial charge in [-0.2, -0.15) is 0 Å². The van der Waals surface area contributed by atoms with E-state index in [1.807, 2.05) is 21.0 Å². The Morgan fingerprint density at radius 3 is 2.25 bits per heavy atom. The van der Waals surface area contributed by atoms with Crippen molar-refractivity contribution in [3.63, 3.8) is 0 Å². The van der Waals surface area contributed by atoms with Crippen LogP contribution in [-0.4, -0.2) is 45.2 Å². The van der Waals surface area contributed by atoms with E-state index in [-0.39, 0.29) is 16.7 Å². The molecule has 0 amide bonds. The van der Waals surface area contributed by atoms with Crippen molar-refractivity contribution in [1.82, 2.24) is 9.62 Å². The molecule has 1 N–H and O–H groups in total. The molecule has 1 saturated carbocycles. The zero-order valence-corrected chi connectivity index (χ0v) is 11.8.